The number of piperidine rings is 1. The topological polar surface area (TPSA) is 112 Å². The molecule has 150 valence electrons. The maximum absolute atomic E-state index is 12.9. The molecule has 3 heterocycles. The number of amides is 3. The zero-order valence-corrected chi connectivity index (χ0v) is 16.7. The number of morpholine rings is 1. The number of anilines is 1. The molecule has 0 radical (unpaired) electrons. The number of ether oxygens (including phenoxy) is 1. The van der Waals surface area contributed by atoms with Crippen molar-refractivity contribution in [3.63, 3.8) is 0 Å². The number of nitrogens with one attached hydrogen (secondary N) is 4. The summed E-state index contributed by atoms with van der Waals surface area (Å²) in [6, 6.07) is 7.15. The van der Waals surface area contributed by atoms with E-state index in [0.29, 0.717) is 32.0 Å². The molecule has 4 rings (SSSR count). The summed E-state index contributed by atoms with van der Waals surface area (Å²) in [6.45, 7) is 2.53. The average molecular weight is 452 g/mol. The van der Waals surface area contributed by atoms with Gasteiger partial charge in [-0.1, -0.05) is 15.9 Å². The van der Waals surface area contributed by atoms with Crippen molar-refractivity contribution >= 4 is 39.3 Å². The highest BCUT2D eigenvalue weighted by Gasteiger charge is 2.49. The Kier molecular flexibility index (Phi) is 5.63. The molecular formula is C18H22BrN5O4. The van der Waals surface area contributed by atoms with Gasteiger partial charge in [0.1, 0.15) is 6.29 Å². The largest absolute Gasteiger partial charge is 0.379 e. The Morgan fingerprint density at radius 2 is 1.86 bits per heavy atom. The SMILES string of the molecule is O=C1CC(C(=O)Nc2ccc(Br)cc2)C2C(=O)NC(N3CCOCC3)NC2N1. The second-order valence-electron chi connectivity index (χ2n) is 7.10. The van der Waals surface area contributed by atoms with E-state index in [9.17, 15) is 14.4 Å². The molecule has 3 aliphatic heterocycles. The molecule has 10 heteroatoms. The third-order valence-electron chi connectivity index (χ3n) is 5.29. The van der Waals surface area contributed by atoms with Gasteiger partial charge in [0, 0.05) is 29.7 Å². The minimum Gasteiger partial charge on any atom is -0.379 e. The molecule has 4 atom stereocenters. The molecule has 4 unspecified atom stereocenters. The van der Waals surface area contributed by atoms with Gasteiger partial charge in [0.25, 0.3) is 0 Å². The van der Waals surface area contributed by atoms with Gasteiger partial charge < -0.3 is 20.7 Å². The summed E-state index contributed by atoms with van der Waals surface area (Å²) in [5.41, 5.74) is 0.617. The lowest BCUT2D eigenvalue weighted by atomic mass is 9.81. The Bertz CT molecular complexity index is 768. The van der Waals surface area contributed by atoms with E-state index in [-0.39, 0.29) is 24.1 Å². The van der Waals surface area contributed by atoms with E-state index in [1.54, 1.807) is 12.1 Å². The van der Waals surface area contributed by atoms with Crippen LogP contribution in [0.4, 0.5) is 5.69 Å². The van der Waals surface area contributed by atoms with Crippen molar-refractivity contribution in [1.82, 2.24) is 20.9 Å². The molecule has 3 saturated heterocycles. The molecular weight excluding hydrogens is 430 g/mol. The minimum absolute atomic E-state index is 0.0269. The van der Waals surface area contributed by atoms with E-state index in [4.69, 9.17) is 4.74 Å². The summed E-state index contributed by atoms with van der Waals surface area (Å²) < 4.78 is 6.24. The lowest BCUT2D eigenvalue weighted by Gasteiger charge is -2.46. The van der Waals surface area contributed by atoms with Gasteiger partial charge in [-0.05, 0) is 24.3 Å². The fourth-order valence-electron chi connectivity index (χ4n) is 3.86. The Balaban J connectivity index is 1.48. The Morgan fingerprint density at radius 3 is 2.57 bits per heavy atom. The molecule has 9 nitrogen and oxygen atoms in total. The van der Waals surface area contributed by atoms with E-state index in [1.807, 2.05) is 12.1 Å². The van der Waals surface area contributed by atoms with E-state index in [0.717, 1.165) is 4.47 Å². The molecule has 3 amide bonds. The summed E-state index contributed by atoms with van der Waals surface area (Å²) in [7, 11) is 0. The smallest absolute Gasteiger partial charge is 0.229 e. The number of rotatable bonds is 3. The number of carbonyl (C=O) groups is 3. The van der Waals surface area contributed by atoms with Crippen molar-refractivity contribution in [2.24, 2.45) is 11.8 Å². The van der Waals surface area contributed by atoms with Crippen LogP contribution < -0.4 is 21.3 Å². The van der Waals surface area contributed by atoms with Gasteiger partial charge >= 0.3 is 0 Å². The quantitative estimate of drug-likeness (QED) is 0.506. The minimum atomic E-state index is -0.750. The van der Waals surface area contributed by atoms with Crippen LogP contribution in [-0.2, 0) is 19.1 Å². The maximum Gasteiger partial charge on any atom is 0.229 e. The van der Waals surface area contributed by atoms with Crippen LogP contribution in [0.3, 0.4) is 0 Å². The van der Waals surface area contributed by atoms with Gasteiger partial charge in [0.2, 0.25) is 17.7 Å². The molecule has 4 N–H and O–H groups in total. The molecule has 1 aromatic rings. The van der Waals surface area contributed by atoms with Gasteiger partial charge in [-0.25, -0.2) is 0 Å². The maximum atomic E-state index is 12.9. The zero-order chi connectivity index (χ0) is 19.7. The van der Waals surface area contributed by atoms with Crippen molar-refractivity contribution in [3.8, 4) is 0 Å². The van der Waals surface area contributed by atoms with Gasteiger partial charge in [-0.3, -0.25) is 24.6 Å². The first-order valence-electron chi connectivity index (χ1n) is 9.25. The summed E-state index contributed by atoms with van der Waals surface area (Å²) in [5.74, 6) is -2.25. The van der Waals surface area contributed by atoms with Crippen LogP contribution in [0.25, 0.3) is 0 Å². The van der Waals surface area contributed by atoms with Crippen LogP contribution in [0.1, 0.15) is 6.42 Å². The molecule has 0 aromatic heterocycles. The van der Waals surface area contributed by atoms with Gasteiger partial charge in [-0.2, -0.15) is 0 Å². The van der Waals surface area contributed by atoms with Gasteiger partial charge in [0.15, 0.2) is 0 Å². The van der Waals surface area contributed by atoms with Crippen LogP contribution in [-0.4, -0.2) is 61.4 Å². The third kappa shape index (κ3) is 4.04. The normalized spacial score (nSPS) is 30.8. The van der Waals surface area contributed by atoms with Crippen LogP contribution in [0.5, 0.6) is 0 Å². The van der Waals surface area contributed by atoms with Gasteiger partial charge in [-0.15, -0.1) is 0 Å². The van der Waals surface area contributed by atoms with Crippen LogP contribution in [0, 0.1) is 11.8 Å². The summed E-state index contributed by atoms with van der Waals surface area (Å²) in [5, 5.41) is 11.8. The van der Waals surface area contributed by atoms with E-state index < -0.39 is 24.3 Å². The third-order valence-corrected chi connectivity index (χ3v) is 5.82. The fraction of sp³-hybridized carbons (Fsp3) is 0.500. The van der Waals surface area contributed by atoms with Crippen LogP contribution >= 0.6 is 15.9 Å². The van der Waals surface area contributed by atoms with Crippen molar-refractivity contribution < 1.29 is 19.1 Å². The number of halogens is 1. The highest BCUT2D eigenvalue weighted by molar-refractivity contribution is 9.10. The highest BCUT2D eigenvalue weighted by Crippen LogP contribution is 2.28. The Labute approximate surface area is 170 Å². The lowest BCUT2D eigenvalue weighted by molar-refractivity contribution is -0.148. The number of hydrogen-bond acceptors (Lipinski definition) is 6. The van der Waals surface area contributed by atoms with Crippen molar-refractivity contribution in [3.05, 3.63) is 28.7 Å². The molecule has 3 aliphatic rings. The fourth-order valence-corrected chi connectivity index (χ4v) is 4.12. The van der Waals surface area contributed by atoms with E-state index in [2.05, 4.69) is 42.1 Å². The van der Waals surface area contributed by atoms with Crippen molar-refractivity contribution in [2.75, 3.05) is 31.6 Å². The Morgan fingerprint density at radius 1 is 1.14 bits per heavy atom. The van der Waals surface area contributed by atoms with Gasteiger partial charge in [0.05, 0.1) is 31.2 Å². The van der Waals surface area contributed by atoms with Crippen LogP contribution in [0.2, 0.25) is 0 Å². The highest BCUT2D eigenvalue weighted by atomic mass is 79.9. The summed E-state index contributed by atoms with van der Waals surface area (Å²) >= 11 is 3.35. The lowest BCUT2D eigenvalue weighted by Crippen LogP contribution is -2.74. The predicted molar refractivity (Wildman–Crippen MR) is 104 cm³/mol. The molecule has 0 spiro atoms. The number of hydrogen-bond donors (Lipinski definition) is 4. The van der Waals surface area contributed by atoms with Crippen LogP contribution in [0.15, 0.2) is 28.7 Å². The first-order valence-corrected chi connectivity index (χ1v) is 10.0. The second kappa shape index (κ2) is 8.16. The van der Waals surface area contributed by atoms with Crippen molar-refractivity contribution in [1.29, 1.82) is 0 Å². The number of nitrogens with zero attached hydrogens (tertiary/aromatic N) is 1. The zero-order valence-electron chi connectivity index (χ0n) is 15.1. The standard InChI is InChI=1S/C18H22BrN5O4/c19-10-1-3-11(4-2-10)20-16(26)12-9-13(25)21-15-14(12)17(27)23-18(22-15)24-5-7-28-8-6-24/h1-4,12,14-15,18,22H,5-9H2,(H,20,26)(H,21,25)(H,23,27). The van der Waals surface area contributed by atoms with Crippen molar-refractivity contribution in [2.45, 2.75) is 18.9 Å². The monoisotopic (exact) mass is 451 g/mol. The number of fused-ring (bicyclic) bond motifs is 1. The summed E-state index contributed by atoms with van der Waals surface area (Å²) in [4.78, 5) is 40.0. The summed E-state index contributed by atoms with van der Waals surface area (Å²) in [6.07, 6.45) is -1.02. The second-order valence-corrected chi connectivity index (χ2v) is 8.02. The number of benzene rings is 1. The molecule has 3 fully saturated rings. The van der Waals surface area contributed by atoms with E-state index >= 15 is 0 Å². The molecule has 0 bridgehead atoms. The molecule has 1 aromatic carbocycles. The first kappa shape index (κ1) is 19.3. The average Bonchev–Trinajstić information content (AvgIpc) is 2.69. The molecule has 0 saturated carbocycles. The predicted octanol–water partition coefficient (Wildman–Crippen LogP) is -0.199. The van der Waals surface area contributed by atoms with E-state index in [1.165, 1.54) is 0 Å². The Hall–Kier alpha value is -2.01. The number of carbonyl (C=O) groups excluding carboxylic acids is 3. The molecule has 0 aliphatic carbocycles. The molecule has 28 heavy (non-hydrogen) atoms. The first-order chi connectivity index (χ1) is 13.5.